The number of hydrogen-bond acceptors (Lipinski definition) is 3. The van der Waals surface area contributed by atoms with Crippen LogP contribution in [0.4, 0.5) is 4.39 Å². The van der Waals surface area contributed by atoms with Gasteiger partial charge in [0.05, 0.1) is 23.9 Å². The zero-order valence-electron chi connectivity index (χ0n) is 15.3. The summed E-state index contributed by atoms with van der Waals surface area (Å²) >= 11 is 0. The minimum absolute atomic E-state index is 0.223. The number of aromatic nitrogens is 2. The Hall–Kier alpha value is -2.97. The molecule has 0 fully saturated rings. The fourth-order valence-corrected chi connectivity index (χ4v) is 3.69. The molecule has 0 saturated carbocycles. The largest absolute Gasteiger partial charge is 0.302 e. The third-order valence-electron chi connectivity index (χ3n) is 5.15. The normalized spacial score (nSPS) is 14.0. The van der Waals surface area contributed by atoms with Crippen molar-refractivity contribution in [3.63, 3.8) is 0 Å². The molecule has 1 aliphatic heterocycles. The smallest absolute Gasteiger partial charge is 0.123 e. The van der Waals surface area contributed by atoms with Crippen molar-refractivity contribution in [2.24, 2.45) is 0 Å². The van der Waals surface area contributed by atoms with E-state index in [9.17, 15) is 9.65 Å². The highest BCUT2D eigenvalue weighted by Crippen LogP contribution is 2.25. The molecule has 0 bridgehead atoms. The van der Waals surface area contributed by atoms with Crippen LogP contribution in [0.1, 0.15) is 33.6 Å². The first-order valence-corrected chi connectivity index (χ1v) is 9.12. The van der Waals surface area contributed by atoms with Crippen LogP contribution in [-0.4, -0.2) is 28.3 Å². The molecule has 2 heterocycles. The molecule has 0 atom stereocenters. The zero-order chi connectivity index (χ0) is 18.8. The number of hydrogen-bond donors (Lipinski definition) is 0. The second kappa shape index (κ2) is 7.34. The van der Waals surface area contributed by atoms with Gasteiger partial charge in [0.25, 0.3) is 0 Å². The number of benzene rings is 2. The first-order valence-electron chi connectivity index (χ1n) is 9.12. The van der Waals surface area contributed by atoms with E-state index >= 15 is 0 Å². The molecule has 4 rings (SSSR count). The second-order valence-electron chi connectivity index (χ2n) is 7.09. The molecular formula is C22H21FN4. The summed E-state index contributed by atoms with van der Waals surface area (Å²) in [4.78, 5) is 2.30. The molecule has 1 aliphatic rings. The summed E-state index contributed by atoms with van der Waals surface area (Å²) in [5.74, 6) is -0.223. The Bertz CT molecular complexity index is 998. The molecule has 2 aromatic carbocycles. The Balaban J connectivity index is 1.70. The number of fused-ring (bicyclic) bond motifs is 1. The van der Waals surface area contributed by atoms with Crippen molar-refractivity contribution in [2.75, 3.05) is 13.6 Å². The first kappa shape index (κ1) is 17.4. The number of nitrogens with zero attached hydrogens (tertiary/aromatic N) is 4. The highest BCUT2D eigenvalue weighted by atomic mass is 19.1. The molecule has 4 nitrogen and oxygen atoms in total. The Labute approximate surface area is 158 Å². The monoisotopic (exact) mass is 360 g/mol. The summed E-state index contributed by atoms with van der Waals surface area (Å²) in [6.07, 6.45) is 1.63. The van der Waals surface area contributed by atoms with Crippen LogP contribution in [0.5, 0.6) is 0 Å². The van der Waals surface area contributed by atoms with Crippen molar-refractivity contribution in [1.82, 2.24) is 14.7 Å². The molecule has 1 aromatic heterocycles. The molecule has 0 aliphatic carbocycles. The highest BCUT2D eigenvalue weighted by Gasteiger charge is 2.23. The summed E-state index contributed by atoms with van der Waals surface area (Å²) < 4.78 is 15.3. The van der Waals surface area contributed by atoms with Crippen LogP contribution in [0, 0.1) is 17.1 Å². The lowest BCUT2D eigenvalue weighted by atomic mass is 10.0. The minimum Gasteiger partial charge on any atom is -0.302 e. The van der Waals surface area contributed by atoms with Crippen LogP contribution in [0.15, 0.2) is 48.5 Å². The Kier molecular flexibility index (Phi) is 4.74. The fourth-order valence-electron chi connectivity index (χ4n) is 3.69. The SMILES string of the molecule is CN1CCc2c(c(Cc3ccc(F)cc3)nn2Cc2ccccc2C#N)C1. The molecular weight excluding hydrogens is 339 g/mol. The van der Waals surface area contributed by atoms with Gasteiger partial charge < -0.3 is 4.90 Å². The van der Waals surface area contributed by atoms with Crippen LogP contribution >= 0.6 is 0 Å². The van der Waals surface area contributed by atoms with E-state index in [-0.39, 0.29) is 5.82 Å². The average Bonchev–Trinajstić information content (AvgIpc) is 3.00. The maximum atomic E-state index is 13.2. The molecule has 0 unspecified atom stereocenters. The van der Waals surface area contributed by atoms with Gasteiger partial charge in [0.1, 0.15) is 5.82 Å². The van der Waals surface area contributed by atoms with Gasteiger partial charge in [-0.3, -0.25) is 4.68 Å². The first-order chi connectivity index (χ1) is 13.1. The van der Waals surface area contributed by atoms with Crippen molar-refractivity contribution in [2.45, 2.75) is 25.9 Å². The molecule has 0 amide bonds. The van der Waals surface area contributed by atoms with E-state index in [1.165, 1.54) is 23.4 Å². The number of nitriles is 1. The quantitative estimate of drug-likeness (QED) is 0.715. The van der Waals surface area contributed by atoms with Gasteiger partial charge in [-0.25, -0.2) is 4.39 Å². The molecule has 136 valence electrons. The van der Waals surface area contributed by atoms with Crippen molar-refractivity contribution in [3.05, 3.63) is 88.0 Å². The van der Waals surface area contributed by atoms with Gasteiger partial charge in [0.2, 0.25) is 0 Å². The number of halogens is 1. The zero-order valence-corrected chi connectivity index (χ0v) is 15.3. The van der Waals surface area contributed by atoms with Gasteiger partial charge in [-0.15, -0.1) is 0 Å². The Morgan fingerprint density at radius 2 is 1.93 bits per heavy atom. The molecule has 0 saturated heterocycles. The van der Waals surface area contributed by atoms with Crippen LogP contribution in [0.25, 0.3) is 0 Å². The van der Waals surface area contributed by atoms with Crippen molar-refractivity contribution < 1.29 is 4.39 Å². The van der Waals surface area contributed by atoms with Crippen LogP contribution in [0.3, 0.4) is 0 Å². The van der Waals surface area contributed by atoms with E-state index in [1.54, 1.807) is 0 Å². The average molecular weight is 360 g/mol. The standard InChI is InChI=1S/C22H21FN4/c1-26-11-10-22-20(15-26)21(12-16-6-8-19(23)9-7-16)25-27(22)14-18-5-3-2-4-17(18)13-24/h2-9H,10-12,14-15H2,1H3. The number of likely N-dealkylation sites (N-methyl/N-ethyl adjacent to an activating group) is 1. The van der Waals surface area contributed by atoms with E-state index in [0.717, 1.165) is 36.3 Å². The predicted octanol–water partition coefficient (Wildman–Crippen LogP) is 3.52. The van der Waals surface area contributed by atoms with Crippen molar-refractivity contribution in [3.8, 4) is 6.07 Å². The molecule has 3 aromatic rings. The van der Waals surface area contributed by atoms with E-state index in [4.69, 9.17) is 5.10 Å². The van der Waals surface area contributed by atoms with Gasteiger partial charge in [-0.1, -0.05) is 30.3 Å². The predicted molar refractivity (Wildman–Crippen MR) is 102 cm³/mol. The number of rotatable bonds is 4. The van der Waals surface area contributed by atoms with E-state index < -0.39 is 0 Å². The lowest BCUT2D eigenvalue weighted by molar-refractivity contribution is 0.307. The molecule has 0 N–H and O–H groups in total. The molecule has 5 heteroatoms. The summed E-state index contributed by atoms with van der Waals surface area (Å²) in [6.45, 7) is 2.46. The third kappa shape index (κ3) is 3.62. The summed E-state index contributed by atoms with van der Waals surface area (Å²) in [5.41, 5.74) is 6.28. The summed E-state index contributed by atoms with van der Waals surface area (Å²) in [7, 11) is 2.12. The molecule has 0 radical (unpaired) electrons. The maximum absolute atomic E-state index is 13.2. The Morgan fingerprint density at radius 3 is 2.70 bits per heavy atom. The minimum atomic E-state index is -0.223. The van der Waals surface area contributed by atoms with Gasteiger partial charge in [-0.2, -0.15) is 10.4 Å². The van der Waals surface area contributed by atoms with Crippen LogP contribution in [-0.2, 0) is 25.9 Å². The lowest BCUT2D eigenvalue weighted by Gasteiger charge is -2.23. The topological polar surface area (TPSA) is 44.9 Å². The molecule has 27 heavy (non-hydrogen) atoms. The van der Waals surface area contributed by atoms with E-state index in [0.29, 0.717) is 18.5 Å². The third-order valence-corrected chi connectivity index (χ3v) is 5.15. The van der Waals surface area contributed by atoms with Crippen LogP contribution < -0.4 is 0 Å². The van der Waals surface area contributed by atoms with E-state index in [2.05, 4.69) is 22.7 Å². The van der Waals surface area contributed by atoms with Crippen LogP contribution in [0.2, 0.25) is 0 Å². The van der Waals surface area contributed by atoms with Crippen molar-refractivity contribution in [1.29, 1.82) is 5.26 Å². The van der Waals surface area contributed by atoms with Gasteiger partial charge in [0, 0.05) is 37.2 Å². The van der Waals surface area contributed by atoms with Gasteiger partial charge in [-0.05, 0) is 36.4 Å². The van der Waals surface area contributed by atoms with Crippen molar-refractivity contribution >= 4 is 0 Å². The second-order valence-corrected chi connectivity index (χ2v) is 7.09. The Morgan fingerprint density at radius 1 is 1.15 bits per heavy atom. The summed E-state index contributed by atoms with van der Waals surface area (Å²) in [6, 6.07) is 16.6. The maximum Gasteiger partial charge on any atom is 0.123 e. The summed E-state index contributed by atoms with van der Waals surface area (Å²) in [5, 5.41) is 14.3. The fraction of sp³-hybridized carbons (Fsp3) is 0.273. The molecule has 0 spiro atoms. The highest BCUT2D eigenvalue weighted by molar-refractivity contribution is 5.39. The lowest BCUT2D eigenvalue weighted by Crippen LogP contribution is -2.28. The van der Waals surface area contributed by atoms with Gasteiger partial charge in [0.15, 0.2) is 0 Å². The van der Waals surface area contributed by atoms with E-state index in [1.807, 2.05) is 36.4 Å². The van der Waals surface area contributed by atoms with Gasteiger partial charge >= 0.3 is 0 Å².